The number of aryl methyl sites for hydroxylation is 1. The Kier molecular flexibility index (Phi) is 3.22. The van der Waals surface area contributed by atoms with Gasteiger partial charge in [0.05, 0.1) is 6.10 Å². The van der Waals surface area contributed by atoms with E-state index >= 15 is 0 Å². The number of hydrogen-bond acceptors (Lipinski definition) is 3. The Bertz CT molecular complexity index is 353. The number of ether oxygens (including phenoxy) is 1. The van der Waals surface area contributed by atoms with Gasteiger partial charge in [-0.05, 0) is 38.0 Å². The number of rotatable bonds is 2. The van der Waals surface area contributed by atoms with Crippen LogP contribution >= 0.6 is 11.8 Å². The lowest BCUT2D eigenvalue weighted by Gasteiger charge is -2.15. The van der Waals surface area contributed by atoms with Gasteiger partial charge in [-0.3, -0.25) is 0 Å². The first-order chi connectivity index (χ1) is 7.16. The fourth-order valence-electron chi connectivity index (χ4n) is 1.77. The average molecular weight is 223 g/mol. The van der Waals surface area contributed by atoms with Crippen molar-refractivity contribution >= 4 is 17.4 Å². The number of thioether (sulfide) groups is 1. The molecule has 0 radical (unpaired) electrons. The monoisotopic (exact) mass is 223 g/mol. The van der Waals surface area contributed by atoms with Crippen LogP contribution in [-0.4, -0.2) is 18.0 Å². The number of hydrogen-bond donors (Lipinski definition) is 1. The molecule has 1 saturated heterocycles. The van der Waals surface area contributed by atoms with Crippen molar-refractivity contribution in [2.75, 3.05) is 12.3 Å². The molecule has 2 atom stereocenters. The third kappa shape index (κ3) is 2.47. The second-order valence-corrected chi connectivity index (χ2v) is 5.33. The van der Waals surface area contributed by atoms with Crippen LogP contribution < -0.4 is 5.73 Å². The molecule has 1 heterocycles. The topological polar surface area (TPSA) is 35.2 Å². The van der Waals surface area contributed by atoms with Crippen molar-refractivity contribution in [2.24, 2.45) is 0 Å². The zero-order valence-corrected chi connectivity index (χ0v) is 10.0. The highest BCUT2D eigenvalue weighted by Crippen LogP contribution is 2.34. The molecule has 0 spiro atoms. The maximum Gasteiger partial charge on any atom is 0.0669 e. The maximum absolute atomic E-state index is 5.79. The predicted octanol–water partition coefficient (Wildman–Crippen LogP) is 2.85. The zero-order valence-electron chi connectivity index (χ0n) is 9.19. The number of anilines is 1. The van der Waals surface area contributed by atoms with E-state index in [1.807, 2.05) is 17.8 Å². The fourth-order valence-corrected chi connectivity index (χ4v) is 3.04. The highest BCUT2D eigenvalue weighted by molar-refractivity contribution is 8.00. The summed E-state index contributed by atoms with van der Waals surface area (Å²) in [4.78, 5) is 1.29. The first kappa shape index (κ1) is 10.8. The first-order valence-electron chi connectivity index (χ1n) is 5.31. The molecule has 15 heavy (non-hydrogen) atoms. The van der Waals surface area contributed by atoms with Gasteiger partial charge in [0.25, 0.3) is 0 Å². The Morgan fingerprint density at radius 1 is 1.47 bits per heavy atom. The highest BCUT2D eigenvalue weighted by atomic mass is 32.2. The summed E-state index contributed by atoms with van der Waals surface area (Å²) in [5.74, 6) is 0. The van der Waals surface area contributed by atoms with Crippen LogP contribution in [-0.2, 0) is 4.74 Å². The third-order valence-corrected chi connectivity index (χ3v) is 4.41. The van der Waals surface area contributed by atoms with E-state index in [0.29, 0.717) is 11.4 Å². The molecule has 0 bridgehead atoms. The summed E-state index contributed by atoms with van der Waals surface area (Å²) in [6, 6.07) is 6.09. The summed E-state index contributed by atoms with van der Waals surface area (Å²) >= 11 is 1.90. The number of benzene rings is 1. The van der Waals surface area contributed by atoms with Gasteiger partial charge in [-0.25, -0.2) is 0 Å². The summed E-state index contributed by atoms with van der Waals surface area (Å²) in [7, 11) is 0. The van der Waals surface area contributed by atoms with E-state index in [9.17, 15) is 0 Å². The molecular formula is C12H17NOS. The van der Waals surface area contributed by atoms with Crippen LogP contribution in [0.15, 0.2) is 23.1 Å². The van der Waals surface area contributed by atoms with Crippen molar-refractivity contribution in [3.05, 3.63) is 23.8 Å². The van der Waals surface area contributed by atoms with Gasteiger partial charge in [-0.15, -0.1) is 11.8 Å². The second kappa shape index (κ2) is 4.45. The Morgan fingerprint density at radius 2 is 2.27 bits per heavy atom. The van der Waals surface area contributed by atoms with E-state index in [4.69, 9.17) is 10.5 Å². The van der Waals surface area contributed by atoms with Gasteiger partial charge in [0, 0.05) is 22.4 Å². The van der Waals surface area contributed by atoms with Crippen molar-refractivity contribution in [1.29, 1.82) is 0 Å². The van der Waals surface area contributed by atoms with Crippen molar-refractivity contribution in [2.45, 2.75) is 36.5 Å². The summed E-state index contributed by atoms with van der Waals surface area (Å²) in [5, 5.41) is 0.575. The highest BCUT2D eigenvalue weighted by Gasteiger charge is 2.25. The van der Waals surface area contributed by atoms with Crippen molar-refractivity contribution in [3.8, 4) is 0 Å². The minimum Gasteiger partial charge on any atom is -0.399 e. The standard InChI is InChI=1S/C12H17NOS/c1-8-3-4-10(13)7-12(8)15-11-5-6-14-9(11)2/h3-4,7,9,11H,5-6,13H2,1-2H3. The van der Waals surface area contributed by atoms with Crippen LogP contribution in [0.5, 0.6) is 0 Å². The molecule has 2 N–H and O–H groups in total. The molecule has 1 aromatic carbocycles. The molecule has 2 nitrogen and oxygen atoms in total. The average Bonchev–Trinajstić information content (AvgIpc) is 2.58. The van der Waals surface area contributed by atoms with E-state index in [0.717, 1.165) is 18.7 Å². The Labute approximate surface area is 95.2 Å². The minimum absolute atomic E-state index is 0.357. The molecule has 0 aromatic heterocycles. The maximum atomic E-state index is 5.79. The van der Waals surface area contributed by atoms with Crippen LogP contribution in [0.3, 0.4) is 0 Å². The van der Waals surface area contributed by atoms with Crippen LogP contribution in [0.2, 0.25) is 0 Å². The molecule has 2 unspecified atom stereocenters. The fraction of sp³-hybridized carbons (Fsp3) is 0.500. The Morgan fingerprint density at radius 3 is 2.93 bits per heavy atom. The van der Waals surface area contributed by atoms with E-state index in [2.05, 4.69) is 26.0 Å². The van der Waals surface area contributed by atoms with E-state index in [-0.39, 0.29) is 0 Å². The van der Waals surface area contributed by atoms with Crippen molar-refractivity contribution in [3.63, 3.8) is 0 Å². The van der Waals surface area contributed by atoms with E-state index in [1.165, 1.54) is 10.5 Å². The number of nitrogens with two attached hydrogens (primary N) is 1. The normalized spacial score (nSPS) is 25.7. The van der Waals surface area contributed by atoms with Gasteiger partial charge in [0.1, 0.15) is 0 Å². The molecule has 0 aliphatic carbocycles. The van der Waals surface area contributed by atoms with Gasteiger partial charge in [0.2, 0.25) is 0 Å². The Hall–Kier alpha value is -0.670. The molecule has 3 heteroatoms. The smallest absolute Gasteiger partial charge is 0.0669 e. The van der Waals surface area contributed by atoms with Crippen LogP contribution in [0, 0.1) is 6.92 Å². The first-order valence-corrected chi connectivity index (χ1v) is 6.19. The quantitative estimate of drug-likeness (QED) is 0.783. The molecule has 0 amide bonds. The molecule has 1 aromatic rings. The molecule has 1 aliphatic rings. The van der Waals surface area contributed by atoms with Crippen molar-refractivity contribution < 1.29 is 4.74 Å². The van der Waals surface area contributed by atoms with Crippen LogP contribution in [0.1, 0.15) is 18.9 Å². The largest absolute Gasteiger partial charge is 0.399 e. The van der Waals surface area contributed by atoms with Gasteiger partial charge in [-0.2, -0.15) is 0 Å². The van der Waals surface area contributed by atoms with Crippen LogP contribution in [0.4, 0.5) is 5.69 Å². The molecule has 0 saturated carbocycles. The summed E-state index contributed by atoms with van der Waals surface area (Å²) in [5.41, 5.74) is 7.93. The second-order valence-electron chi connectivity index (χ2n) is 4.05. The summed E-state index contributed by atoms with van der Waals surface area (Å²) < 4.78 is 5.56. The van der Waals surface area contributed by atoms with Crippen LogP contribution in [0.25, 0.3) is 0 Å². The van der Waals surface area contributed by atoms with Gasteiger partial charge in [-0.1, -0.05) is 6.07 Å². The predicted molar refractivity (Wildman–Crippen MR) is 65.3 cm³/mol. The minimum atomic E-state index is 0.357. The Balaban J connectivity index is 2.12. The molecular weight excluding hydrogens is 206 g/mol. The van der Waals surface area contributed by atoms with Crippen molar-refractivity contribution in [1.82, 2.24) is 0 Å². The SMILES string of the molecule is Cc1ccc(N)cc1SC1CCOC1C. The molecule has 2 rings (SSSR count). The lowest BCUT2D eigenvalue weighted by atomic mass is 10.2. The number of nitrogen functional groups attached to an aromatic ring is 1. The van der Waals surface area contributed by atoms with Gasteiger partial charge >= 0.3 is 0 Å². The third-order valence-electron chi connectivity index (χ3n) is 2.80. The van der Waals surface area contributed by atoms with E-state index in [1.54, 1.807) is 0 Å². The summed E-state index contributed by atoms with van der Waals surface area (Å²) in [6.45, 7) is 5.16. The lowest BCUT2D eigenvalue weighted by molar-refractivity contribution is 0.127. The van der Waals surface area contributed by atoms with E-state index < -0.39 is 0 Å². The summed E-state index contributed by atoms with van der Waals surface area (Å²) in [6.07, 6.45) is 1.50. The zero-order chi connectivity index (χ0) is 10.8. The molecule has 1 fully saturated rings. The molecule has 82 valence electrons. The molecule has 1 aliphatic heterocycles. The van der Waals surface area contributed by atoms with Gasteiger partial charge in [0.15, 0.2) is 0 Å². The van der Waals surface area contributed by atoms with Gasteiger partial charge < -0.3 is 10.5 Å². The lowest BCUT2D eigenvalue weighted by Crippen LogP contribution is -2.13.